The first-order valence-corrected chi connectivity index (χ1v) is 6.34. The number of nitrogens with one attached hydrogen (secondary N) is 2. The number of amides is 1. The van der Waals surface area contributed by atoms with E-state index in [4.69, 9.17) is 4.74 Å². The number of carbonyl (C=O) groups is 1. The van der Waals surface area contributed by atoms with Crippen molar-refractivity contribution >= 4 is 11.6 Å². The molecule has 1 aliphatic heterocycles. The van der Waals surface area contributed by atoms with E-state index >= 15 is 0 Å². The van der Waals surface area contributed by atoms with E-state index in [2.05, 4.69) is 10.6 Å². The van der Waals surface area contributed by atoms with Crippen LogP contribution in [0.4, 0.5) is 5.69 Å². The molecule has 4 heteroatoms. The molecule has 1 saturated heterocycles. The molecule has 0 aromatic heterocycles. The zero-order chi connectivity index (χ0) is 13.0. The lowest BCUT2D eigenvalue weighted by Gasteiger charge is -2.33. The fraction of sp³-hybridized carbons (Fsp3) is 0.500. The van der Waals surface area contributed by atoms with Gasteiger partial charge in [0.25, 0.3) is 0 Å². The molecule has 1 aromatic rings. The summed E-state index contributed by atoms with van der Waals surface area (Å²) < 4.78 is 5.09. The molecule has 98 valence electrons. The Kier molecular flexibility index (Phi) is 3.87. The highest BCUT2D eigenvalue weighted by Gasteiger charge is 2.34. The predicted molar refractivity (Wildman–Crippen MR) is 71.9 cm³/mol. The van der Waals surface area contributed by atoms with Crippen molar-refractivity contribution in [3.05, 3.63) is 24.3 Å². The number of hydrogen-bond acceptors (Lipinski definition) is 3. The number of benzene rings is 1. The molecule has 1 aromatic carbocycles. The Balaban J connectivity index is 2.01. The minimum Gasteiger partial charge on any atom is -0.497 e. The summed E-state index contributed by atoms with van der Waals surface area (Å²) in [7, 11) is 1.63. The zero-order valence-corrected chi connectivity index (χ0v) is 11.0. The van der Waals surface area contributed by atoms with Gasteiger partial charge in [-0.3, -0.25) is 4.79 Å². The van der Waals surface area contributed by atoms with Crippen molar-refractivity contribution in [2.24, 2.45) is 0 Å². The third-order valence-electron chi connectivity index (χ3n) is 3.47. The molecule has 1 atom stereocenters. The Hall–Kier alpha value is -1.55. The molecule has 0 saturated carbocycles. The molecule has 0 spiro atoms. The lowest BCUT2D eigenvalue weighted by Crippen LogP contribution is -2.54. The summed E-state index contributed by atoms with van der Waals surface area (Å²) in [6, 6.07) is 7.38. The van der Waals surface area contributed by atoms with Crippen LogP contribution in [0.2, 0.25) is 0 Å². The lowest BCUT2D eigenvalue weighted by atomic mass is 9.90. The standard InChI is InChI=1S/C14H20N2O2/c1-14(9-3-4-10-15-14)13(17)16-11-5-7-12(18-2)8-6-11/h5-8,15H,3-4,9-10H2,1-2H3,(H,16,17). The van der Waals surface area contributed by atoms with Crippen LogP contribution >= 0.6 is 0 Å². The van der Waals surface area contributed by atoms with Crippen molar-refractivity contribution in [1.82, 2.24) is 5.32 Å². The van der Waals surface area contributed by atoms with E-state index in [0.717, 1.165) is 37.2 Å². The first kappa shape index (κ1) is 12.9. The van der Waals surface area contributed by atoms with Gasteiger partial charge in [-0.1, -0.05) is 0 Å². The average molecular weight is 248 g/mol. The molecule has 18 heavy (non-hydrogen) atoms. The molecule has 0 aliphatic carbocycles. The van der Waals surface area contributed by atoms with Crippen LogP contribution in [-0.2, 0) is 4.79 Å². The Bertz CT molecular complexity index is 408. The monoisotopic (exact) mass is 248 g/mol. The molecule has 0 radical (unpaired) electrons. The molecular weight excluding hydrogens is 228 g/mol. The Labute approximate surface area is 108 Å². The van der Waals surface area contributed by atoms with Crippen LogP contribution in [0.3, 0.4) is 0 Å². The highest BCUT2D eigenvalue weighted by Crippen LogP contribution is 2.22. The molecule has 1 amide bonds. The van der Waals surface area contributed by atoms with E-state index in [0.29, 0.717) is 0 Å². The summed E-state index contributed by atoms with van der Waals surface area (Å²) in [5.74, 6) is 0.822. The Morgan fingerprint density at radius 3 is 2.61 bits per heavy atom. The smallest absolute Gasteiger partial charge is 0.244 e. The minimum absolute atomic E-state index is 0.0346. The second-order valence-electron chi connectivity index (χ2n) is 4.90. The summed E-state index contributed by atoms with van der Waals surface area (Å²) in [6.07, 6.45) is 3.12. The number of anilines is 1. The van der Waals surface area contributed by atoms with Crippen molar-refractivity contribution in [2.45, 2.75) is 31.7 Å². The molecule has 1 unspecified atom stereocenters. The van der Waals surface area contributed by atoms with Crippen LogP contribution in [0.5, 0.6) is 5.75 Å². The SMILES string of the molecule is COc1ccc(NC(=O)C2(C)CCCCN2)cc1. The topological polar surface area (TPSA) is 50.4 Å². The lowest BCUT2D eigenvalue weighted by molar-refractivity contribution is -0.122. The van der Waals surface area contributed by atoms with Crippen LogP contribution in [0.25, 0.3) is 0 Å². The number of piperidine rings is 1. The van der Waals surface area contributed by atoms with Crippen LogP contribution in [-0.4, -0.2) is 25.1 Å². The maximum atomic E-state index is 12.2. The van der Waals surface area contributed by atoms with Crippen LogP contribution in [0, 0.1) is 0 Å². The normalized spacial score (nSPS) is 23.4. The maximum absolute atomic E-state index is 12.2. The van der Waals surface area contributed by atoms with Gasteiger partial charge in [0, 0.05) is 5.69 Å². The third-order valence-corrected chi connectivity index (χ3v) is 3.47. The summed E-state index contributed by atoms with van der Waals surface area (Å²) >= 11 is 0. The van der Waals surface area contributed by atoms with Gasteiger partial charge in [0.15, 0.2) is 0 Å². The van der Waals surface area contributed by atoms with Crippen molar-refractivity contribution in [1.29, 1.82) is 0 Å². The first-order chi connectivity index (χ1) is 8.64. The summed E-state index contributed by atoms with van der Waals surface area (Å²) in [5.41, 5.74) is 0.354. The molecular formula is C14H20N2O2. The third kappa shape index (κ3) is 2.82. The molecule has 2 rings (SSSR count). The predicted octanol–water partition coefficient (Wildman–Crippen LogP) is 2.17. The summed E-state index contributed by atoms with van der Waals surface area (Å²) in [4.78, 5) is 12.2. The van der Waals surface area contributed by atoms with E-state index in [9.17, 15) is 4.79 Å². The van der Waals surface area contributed by atoms with Gasteiger partial charge in [-0.25, -0.2) is 0 Å². The van der Waals surface area contributed by atoms with Gasteiger partial charge in [-0.15, -0.1) is 0 Å². The van der Waals surface area contributed by atoms with E-state index in [1.807, 2.05) is 31.2 Å². The van der Waals surface area contributed by atoms with Gasteiger partial charge in [0.1, 0.15) is 5.75 Å². The largest absolute Gasteiger partial charge is 0.497 e. The van der Waals surface area contributed by atoms with Gasteiger partial charge in [-0.05, 0) is 57.0 Å². The van der Waals surface area contributed by atoms with Crippen LogP contribution in [0.1, 0.15) is 26.2 Å². The van der Waals surface area contributed by atoms with E-state index in [1.165, 1.54) is 0 Å². The summed E-state index contributed by atoms with van der Waals surface area (Å²) in [5, 5.41) is 6.25. The van der Waals surface area contributed by atoms with Crippen molar-refractivity contribution in [3.8, 4) is 5.75 Å². The Morgan fingerprint density at radius 1 is 1.33 bits per heavy atom. The fourth-order valence-corrected chi connectivity index (χ4v) is 2.19. The second-order valence-corrected chi connectivity index (χ2v) is 4.90. The summed E-state index contributed by atoms with van der Waals surface area (Å²) in [6.45, 7) is 2.87. The van der Waals surface area contributed by atoms with Gasteiger partial charge >= 0.3 is 0 Å². The van der Waals surface area contributed by atoms with Crippen molar-refractivity contribution in [2.75, 3.05) is 19.0 Å². The van der Waals surface area contributed by atoms with Gasteiger partial charge in [0.2, 0.25) is 5.91 Å². The first-order valence-electron chi connectivity index (χ1n) is 6.34. The van der Waals surface area contributed by atoms with Crippen LogP contribution in [0.15, 0.2) is 24.3 Å². The fourth-order valence-electron chi connectivity index (χ4n) is 2.19. The number of rotatable bonds is 3. The molecule has 1 fully saturated rings. The zero-order valence-electron chi connectivity index (χ0n) is 11.0. The van der Waals surface area contributed by atoms with Crippen molar-refractivity contribution < 1.29 is 9.53 Å². The number of carbonyl (C=O) groups excluding carboxylic acids is 1. The number of ether oxygens (including phenoxy) is 1. The number of hydrogen-bond donors (Lipinski definition) is 2. The minimum atomic E-state index is -0.446. The highest BCUT2D eigenvalue weighted by atomic mass is 16.5. The van der Waals surface area contributed by atoms with E-state index < -0.39 is 5.54 Å². The van der Waals surface area contributed by atoms with Gasteiger partial charge < -0.3 is 15.4 Å². The average Bonchev–Trinajstić information content (AvgIpc) is 2.40. The second kappa shape index (κ2) is 5.40. The molecule has 0 bridgehead atoms. The molecule has 2 N–H and O–H groups in total. The van der Waals surface area contributed by atoms with E-state index in [1.54, 1.807) is 7.11 Å². The molecule has 4 nitrogen and oxygen atoms in total. The van der Waals surface area contributed by atoms with Crippen molar-refractivity contribution in [3.63, 3.8) is 0 Å². The van der Waals surface area contributed by atoms with E-state index in [-0.39, 0.29) is 5.91 Å². The molecule has 1 aliphatic rings. The highest BCUT2D eigenvalue weighted by molar-refractivity contribution is 5.97. The van der Waals surface area contributed by atoms with Gasteiger partial charge in [-0.2, -0.15) is 0 Å². The maximum Gasteiger partial charge on any atom is 0.244 e. The Morgan fingerprint density at radius 2 is 2.06 bits per heavy atom. The molecule has 1 heterocycles. The van der Waals surface area contributed by atoms with Crippen LogP contribution < -0.4 is 15.4 Å². The quantitative estimate of drug-likeness (QED) is 0.862. The van der Waals surface area contributed by atoms with Gasteiger partial charge in [0.05, 0.1) is 12.6 Å². The number of methoxy groups -OCH3 is 1.